The molecule has 0 saturated carbocycles. The monoisotopic (exact) mass is 400 g/mol. The summed E-state index contributed by atoms with van der Waals surface area (Å²) in [6.45, 7) is 10.7. The molecular formula is C22H32N4O3. The number of amides is 2. The summed E-state index contributed by atoms with van der Waals surface area (Å²) in [6, 6.07) is 9.84. The number of hydrogen-bond donors (Lipinski definition) is 1. The van der Waals surface area contributed by atoms with Crippen molar-refractivity contribution in [1.29, 1.82) is 0 Å². The van der Waals surface area contributed by atoms with Gasteiger partial charge in [-0.25, -0.2) is 4.68 Å². The van der Waals surface area contributed by atoms with Crippen LogP contribution in [0.1, 0.15) is 45.4 Å². The maximum Gasteiger partial charge on any atom is 0.245 e. The summed E-state index contributed by atoms with van der Waals surface area (Å²) in [5.41, 5.74) is 2.69. The molecule has 0 aliphatic rings. The minimum atomic E-state index is -0.258. The van der Waals surface area contributed by atoms with Gasteiger partial charge >= 0.3 is 0 Å². The Labute approximate surface area is 173 Å². The van der Waals surface area contributed by atoms with Gasteiger partial charge in [0.2, 0.25) is 11.8 Å². The maximum absolute atomic E-state index is 12.7. The molecule has 1 aromatic heterocycles. The van der Waals surface area contributed by atoms with Crippen LogP contribution in [0.5, 0.6) is 0 Å². The molecule has 0 saturated heterocycles. The predicted octanol–water partition coefficient (Wildman–Crippen LogP) is 3.30. The lowest BCUT2D eigenvalue weighted by Gasteiger charge is -2.20. The van der Waals surface area contributed by atoms with E-state index in [1.54, 1.807) is 11.8 Å². The Bertz CT molecular complexity index is 852. The van der Waals surface area contributed by atoms with Crippen molar-refractivity contribution in [1.82, 2.24) is 14.7 Å². The zero-order chi connectivity index (χ0) is 21.6. The molecule has 0 unspecified atom stereocenters. The second kappa shape index (κ2) is 9.69. The molecular weight excluding hydrogens is 368 g/mol. The number of aryl methyl sites for hydroxylation is 1. The average molecular weight is 401 g/mol. The molecule has 1 aromatic carbocycles. The van der Waals surface area contributed by atoms with Crippen molar-refractivity contribution in [3.8, 4) is 5.69 Å². The van der Waals surface area contributed by atoms with Gasteiger partial charge in [0.05, 0.1) is 17.9 Å². The van der Waals surface area contributed by atoms with Crippen molar-refractivity contribution in [2.45, 2.75) is 46.5 Å². The van der Waals surface area contributed by atoms with E-state index in [9.17, 15) is 9.59 Å². The van der Waals surface area contributed by atoms with Crippen LogP contribution in [-0.2, 0) is 19.7 Å². The summed E-state index contributed by atoms with van der Waals surface area (Å²) in [7, 11) is 1.62. The highest BCUT2D eigenvalue weighted by Crippen LogP contribution is 2.26. The molecule has 7 heteroatoms. The van der Waals surface area contributed by atoms with Crippen LogP contribution in [0, 0.1) is 6.92 Å². The first kappa shape index (κ1) is 22.6. The fourth-order valence-corrected chi connectivity index (χ4v) is 2.90. The third-order valence-corrected chi connectivity index (χ3v) is 4.55. The molecule has 158 valence electrons. The van der Waals surface area contributed by atoms with Crippen molar-refractivity contribution >= 4 is 17.6 Å². The number of ether oxygens (including phenoxy) is 1. The fourth-order valence-electron chi connectivity index (χ4n) is 2.90. The van der Waals surface area contributed by atoms with Crippen LogP contribution in [0.25, 0.3) is 5.69 Å². The molecule has 1 heterocycles. The lowest BCUT2D eigenvalue weighted by molar-refractivity contribution is -0.132. The lowest BCUT2D eigenvalue weighted by Crippen LogP contribution is -2.37. The van der Waals surface area contributed by atoms with Crippen LogP contribution in [0.3, 0.4) is 0 Å². The van der Waals surface area contributed by atoms with Gasteiger partial charge in [-0.2, -0.15) is 5.10 Å². The first-order valence-electron chi connectivity index (χ1n) is 9.83. The Balaban J connectivity index is 2.25. The molecule has 0 radical (unpaired) electrons. The quantitative estimate of drug-likeness (QED) is 0.690. The zero-order valence-corrected chi connectivity index (χ0v) is 18.3. The fraction of sp³-hybridized carbons (Fsp3) is 0.500. The molecule has 0 atom stereocenters. The van der Waals surface area contributed by atoms with E-state index in [4.69, 9.17) is 9.84 Å². The average Bonchev–Trinajstić information content (AvgIpc) is 3.05. The number of nitrogens with zero attached hydrogens (tertiary/aromatic N) is 3. The van der Waals surface area contributed by atoms with Gasteiger partial charge in [0.25, 0.3) is 0 Å². The van der Waals surface area contributed by atoms with Crippen LogP contribution in [0.15, 0.2) is 30.3 Å². The minimum Gasteiger partial charge on any atom is -0.385 e. The number of nitrogens with one attached hydrogen (secondary N) is 1. The Morgan fingerprint density at radius 1 is 1.24 bits per heavy atom. The summed E-state index contributed by atoms with van der Waals surface area (Å²) in [5.74, 6) is 0.191. The highest BCUT2D eigenvalue weighted by atomic mass is 16.5. The Hall–Kier alpha value is -2.67. The number of methoxy groups -OCH3 is 1. The molecule has 2 amide bonds. The first-order chi connectivity index (χ1) is 13.6. The molecule has 2 rings (SSSR count). The van der Waals surface area contributed by atoms with Gasteiger partial charge in [0, 0.05) is 38.7 Å². The molecule has 1 N–H and O–H groups in total. The SMILES string of the molecule is COCCCN(CC(=O)Nc1cc(C(C)(C)C)nn1-c1cccc(C)c1)C(C)=O. The van der Waals surface area contributed by atoms with Crippen LogP contribution in [-0.4, -0.2) is 53.3 Å². The Morgan fingerprint density at radius 2 is 1.97 bits per heavy atom. The highest BCUT2D eigenvalue weighted by molar-refractivity contribution is 5.94. The van der Waals surface area contributed by atoms with E-state index in [-0.39, 0.29) is 23.8 Å². The van der Waals surface area contributed by atoms with Gasteiger partial charge < -0.3 is 15.0 Å². The summed E-state index contributed by atoms with van der Waals surface area (Å²) < 4.78 is 6.78. The summed E-state index contributed by atoms with van der Waals surface area (Å²) in [5, 5.41) is 7.66. The summed E-state index contributed by atoms with van der Waals surface area (Å²) >= 11 is 0. The molecule has 7 nitrogen and oxygen atoms in total. The van der Waals surface area contributed by atoms with Crippen LogP contribution in [0.2, 0.25) is 0 Å². The van der Waals surface area contributed by atoms with E-state index in [0.29, 0.717) is 25.4 Å². The number of hydrogen-bond acceptors (Lipinski definition) is 4. The van der Waals surface area contributed by atoms with Crippen molar-refractivity contribution < 1.29 is 14.3 Å². The van der Waals surface area contributed by atoms with E-state index in [1.807, 2.05) is 37.3 Å². The van der Waals surface area contributed by atoms with Gasteiger partial charge in [-0.05, 0) is 31.0 Å². The molecule has 2 aromatic rings. The number of carbonyl (C=O) groups excluding carboxylic acids is 2. The smallest absolute Gasteiger partial charge is 0.245 e. The largest absolute Gasteiger partial charge is 0.385 e. The molecule has 0 aliphatic heterocycles. The maximum atomic E-state index is 12.7. The second-order valence-electron chi connectivity index (χ2n) is 8.25. The predicted molar refractivity (Wildman–Crippen MR) is 114 cm³/mol. The Kier molecular flexibility index (Phi) is 7.56. The van der Waals surface area contributed by atoms with Gasteiger partial charge in [0.15, 0.2) is 0 Å². The highest BCUT2D eigenvalue weighted by Gasteiger charge is 2.22. The molecule has 29 heavy (non-hydrogen) atoms. The van der Waals surface area contributed by atoms with E-state index < -0.39 is 0 Å². The van der Waals surface area contributed by atoms with Crippen LogP contribution >= 0.6 is 0 Å². The molecule has 0 aliphatic carbocycles. The van der Waals surface area contributed by atoms with Gasteiger partial charge in [0.1, 0.15) is 5.82 Å². The topological polar surface area (TPSA) is 76.5 Å². The van der Waals surface area contributed by atoms with E-state index >= 15 is 0 Å². The van der Waals surface area contributed by atoms with Crippen LogP contribution in [0.4, 0.5) is 5.82 Å². The number of benzene rings is 1. The number of aromatic nitrogens is 2. The minimum absolute atomic E-state index is 0.0110. The lowest BCUT2D eigenvalue weighted by atomic mass is 9.92. The first-order valence-corrected chi connectivity index (χ1v) is 9.83. The number of rotatable bonds is 8. The van der Waals surface area contributed by atoms with E-state index in [2.05, 4.69) is 26.1 Å². The third-order valence-electron chi connectivity index (χ3n) is 4.55. The van der Waals surface area contributed by atoms with Gasteiger partial charge in [-0.3, -0.25) is 9.59 Å². The normalized spacial score (nSPS) is 11.4. The van der Waals surface area contributed by atoms with Gasteiger partial charge in [-0.1, -0.05) is 32.9 Å². The number of carbonyl (C=O) groups is 2. The van der Waals surface area contributed by atoms with Crippen molar-refractivity contribution in [2.75, 3.05) is 32.1 Å². The molecule has 0 spiro atoms. The number of anilines is 1. The van der Waals surface area contributed by atoms with E-state index in [1.165, 1.54) is 11.8 Å². The molecule has 0 bridgehead atoms. The second-order valence-corrected chi connectivity index (χ2v) is 8.25. The van der Waals surface area contributed by atoms with E-state index in [0.717, 1.165) is 16.9 Å². The van der Waals surface area contributed by atoms with Gasteiger partial charge in [-0.15, -0.1) is 0 Å². The Morgan fingerprint density at radius 3 is 2.55 bits per heavy atom. The summed E-state index contributed by atoms with van der Waals surface area (Å²) in [4.78, 5) is 26.1. The van der Waals surface area contributed by atoms with Crippen molar-refractivity contribution in [3.05, 3.63) is 41.6 Å². The molecule has 0 fully saturated rings. The van der Waals surface area contributed by atoms with Crippen molar-refractivity contribution in [2.24, 2.45) is 0 Å². The zero-order valence-electron chi connectivity index (χ0n) is 18.3. The standard InChI is InChI=1S/C22H32N4O3/c1-16-9-7-10-18(13-16)26-20(14-19(24-26)22(3,4)5)23-21(28)15-25(17(2)27)11-8-12-29-6/h7,9-10,13-14H,8,11-12,15H2,1-6H3,(H,23,28). The van der Waals surface area contributed by atoms with Crippen molar-refractivity contribution in [3.63, 3.8) is 0 Å². The third kappa shape index (κ3) is 6.42. The summed E-state index contributed by atoms with van der Waals surface area (Å²) in [6.07, 6.45) is 0.679. The van der Waals surface area contributed by atoms with Crippen LogP contribution < -0.4 is 5.32 Å².